The van der Waals surface area contributed by atoms with E-state index in [-0.39, 0.29) is 12.4 Å². The highest BCUT2D eigenvalue weighted by molar-refractivity contribution is 5.85. The Balaban J connectivity index is 0.00000161. The van der Waals surface area contributed by atoms with Gasteiger partial charge in [0.15, 0.2) is 0 Å². The number of nitrogens with one attached hydrogen (secondary N) is 2. The summed E-state index contributed by atoms with van der Waals surface area (Å²) in [5.74, 6) is 1.95. The van der Waals surface area contributed by atoms with Crippen LogP contribution in [0.1, 0.15) is 31.6 Å². The van der Waals surface area contributed by atoms with Gasteiger partial charge in [0, 0.05) is 38.6 Å². The average Bonchev–Trinajstić information content (AvgIpc) is 3.02. The Morgan fingerprint density at radius 1 is 1.38 bits per heavy atom. The highest BCUT2D eigenvalue weighted by atomic mass is 35.5. The first-order valence-corrected chi connectivity index (χ1v) is 8.03. The molecule has 2 aliphatic heterocycles. The number of aromatic amines is 1. The minimum Gasteiger partial charge on any atom is -0.347 e. The number of piperazine rings is 1. The zero-order chi connectivity index (χ0) is 13.8. The lowest BCUT2D eigenvalue weighted by molar-refractivity contribution is 0.0614. The van der Waals surface area contributed by atoms with E-state index in [0.717, 1.165) is 31.4 Å². The molecule has 21 heavy (non-hydrogen) atoms. The third-order valence-electron chi connectivity index (χ3n) is 4.73. The highest BCUT2D eigenvalue weighted by Gasteiger charge is 2.30. The fraction of sp³-hybridized carbons (Fsp3) is 0.800. The molecule has 2 N–H and O–H groups in total. The predicted octanol–water partition coefficient (Wildman–Crippen LogP) is 1.51. The molecule has 0 amide bonds. The first kappa shape index (κ1) is 16.7. The van der Waals surface area contributed by atoms with Gasteiger partial charge in [0.25, 0.3) is 0 Å². The van der Waals surface area contributed by atoms with Crippen molar-refractivity contribution in [2.24, 2.45) is 5.92 Å². The Kier molecular flexibility index (Phi) is 6.48. The van der Waals surface area contributed by atoms with Crippen LogP contribution in [0.15, 0.2) is 12.4 Å². The molecule has 0 saturated carbocycles. The molecule has 0 spiro atoms. The summed E-state index contributed by atoms with van der Waals surface area (Å²) >= 11 is 0. The lowest BCUT2D eigenvalue weighted by Gasteiger charge is -2.41. The van der Waals surface area contributed by atoms with Crippen LogP contribution in [0.25, 0.3) is 0 Å². The molecule has 6 heteroatoms. The predicted molar refractivity (Wildman–Crippen MR) is 87.9 cm³/mol. The number of halogens is 1. The summed E-state index contributed by atoms with van der Waals surface area (Å²) in [7, 11) is 0. The van der Waals surface area contributed by atoms with Gasteiger partial charge < -0.3 is 10.3 Å². The van der Waals surface area contributed by atoms with Gasteiger partial charge in [0.1, 0.15) is 5.82 Å². The fourth-order valence-electron chi connectivity index (χ4n) is 3.59. The maximum Gasteiger partial charge on any atom is 0.124 e. The molecule has 5 nitrogen and oxygen atoms in total. The van der Waals surface area contributed by atoms with E-state index < -0.39 is 0 Å². The van der Waals surface area contributed by atoms with E-state index in [2.05, 4.69) is 32.0 Å². The molecule has 2 saturated heterocycles. The van der Waals surface area contributed by atoms with Crippen LogP contribution < -0.4 is 5.32 Å². The molecule has 2 atom stereocenters. The molecule has 0 radical (unpaired) electrons. The van der Waals surface area contributed by atoms with Gasteiger partial charge in [-0.25, -0.2) is 4.98 Å². The Morgan fingerprint density at radius 3 is 2.95 bits per heavy atom. The first-order valence-electron chi connectivity index (χ1n) is 8.03. The third kappa shape index (κ3) is 4.19. The zero-order valence-corrected chi connectivity index (χ0v) is 13.7. The van der Waals surface area contributed by atoms with Crippen LogP contribution in [0, 0.1) is 5.92 Å². The summed E-state index contributed by atoms with van der Waals surface area (Å²) in [6, 6.07) is 0.431. The topological polar surface area (TPSA) is 47.2 Å². The molecule has 0 aromatic carbocycles. The van der Waals surface area contributed by atoms with Crippen molar-refractivity contribution < 1.29 is 0 Å². The smallest absolute Gasteiger partial charge is 0.124 e. The van der Waals surface area contributed by atoms with Crippen molar-refractivity contribution in [2.75, 3.05) is 45.8 Å². The van der Waals surface area contributed by atoms with E-state index in [4.69, 9.17) is 0 Å². The van der Waals surface area contributed by atoms with Crippen molar-refractivity contribution in [3.63, 3.8) is 0 Å². The second-order valence-corrected chi connectivity index (χ2v) is 6.09. The Morgan fingerprint density at radius 2 is 2.29 bits per heavy atom. The molecule has 0 aliphatic carbocycles. The number of nitrogens with zero attached hydrogens (tertiary/aromatic N) is 3. The van der Waals surface area contributed by atoms with Crippen LogP contribution in [0.4, 0.5) is 0 Å². The van der Waals surface area contributed by atoms with Gasteiger partial charge in [0.2, 0.25) is 0 Å². The van der Waals surface area contributed by atoms with Gasteiger partial charge >= 0.3 is 0 Å². The van der Waals surface area contributed by atoms with Gasteiger partial charge in [-0.1, -0.05) is 6.92 Å². The maximum absolute atomic E-state index is 4.48. The van der Waals surface area contributed by atoms with Crippen LogP contribution in [-0.4, -0.2) is 65.6 Å². The number of aromatic nitrogens is 2. The second kappa shape index (κ2) is 8.13. The minimum absolute atomic E-state index is 0. The summed E-state index contributed by atoms with van der Waals surface area (Å²) in [5.41, 5.74) is 0. The molecule has 0 bridgehead atoms. The zero-order valence-electron chi connectivity index (χ0n) is 12.9. The second-order valence-electron chi connectivity index (χ2n) is 6.09. The van der Waals surface area contributed by atoms with Gasteiger partial charge in [-0.05, 0) is 38.4 Å². The summed E-state index contributed by atoms with van der Waals surface area (Å²) < 4.78 is 0. The highest BCUT2D eigenvalue weighted by Crippen LogP contribution is 2.23. The van der Waals surface area contributed by atoms with Crippen molar-refractivity contribution in [3.05, 3.63) is 18.2 Å². The van der Waals surface area contributed by atoms with Crippen LogP contribution in [0.3, 0.4) is 0 Å². The van der Waals surface area contributed by atoms with Crippen molar-refractivity contribution in [3.8, 4) is 0 Å². The number of imidazole rings is 1. The van der Waals surface area contributed by atoms with E-state index in [9.17, 15) is 0 Å². The van der Waals surface area contributed by atoms with Crippen molar-refractivity contribution in [1.82, 2.24) is 25.1 Å². The molecule has 1 aromatic rings. The van der Waals surface area contributed by atoms with Crippen molar-refractivity contribution in [2.45, 2.75) is 25.8 Å². The molecule has 3 heterocycles. The van der Waals surface area contributed by atoms with Crippen LogP contribution in [0.5, 0.6) is 0 Å². The molecule has 1 aromatic heterocycles. The van der Waals surface area contributed by atoms with Gasteiger partial charge in [-0.15, -0.1) is 12.4 Å². The quantitative estimate of drug-likeness (QED) is 0.884. The normalized spacial score (nSPS) is 28.2. The molecule has 3 rings (SSSR count). The largest absolute Gasteiger partial charge is 0.347 e. The summed E-state index contributed by atoms with van der Waals surface area (Å²) in [5, 5.41) is 3.53. The third-order valence-corrected chi connectivity index (χ3v) is 4.73. The van der Waals surface area contributed by atoms with Crippen LogP contribution in [0.2, 0.25) is 0 Å². The van der Waals surface area contributed by atoms with Gasteiger partial charge in [0.05, 0.1) is 6.04 Å². The van der Waals surface area contributed by atoms with E-state index >= 15 is 0 Å². The fourth-order valence-corrected chi connectivity index (χ4v) is 3.59. The Hall–Kier alpha value is -0.620. The van der Waals surface area contributed by atoms with Crippen molar-refractivity contribution in [1.29, 1.82) is 0 Å². The number of H-pyrrole nitrogens is 1. The Labute approximate surface area is 133 Å². The minimum atomic E-state index is 0. The average molecular weight is 314 g/mol. The molecule has 2 fully saturated rings. The van der Waals surface area contributed by atoms with Gasteiger partial charge in [-0.3, -0.25) is 9.80 Å². The number of piperidine rings is 1. The summed E-state index contributed by atoms with van der Waals surface area (Å²) in [6.45, 7) is 10.4. The maximum atomic E-state index is 4.48. The standard InChI is InChI=1S/C15H27N5.ClH/c1-2-20-9-8-19(11-13-4-3-5-16-10-13)12-14(20)15-17-6-7-18-15;/h6-7,13-14,16H,2-5,8-12H2,1H3,(H,17,18);1H. The molecular weight excluding hydrogens is 286 g/mol. The lowest BCUT2D eigenvalue weighted by atomic mass is 9.98. The summed E-state index contributed by atoms with van der Waals surface area (Å²) in [4.78, 5) is 13.0. The summed E-state index contributed by atoms with van der Waals surface area (Å²) in [6.07, 6.45) is 6.52. The SMILES string of the molecule is CCN1CCN(CC2CCCNC2)CC1c1ncc[nH]1.Cl. The van der Waals surface area contributed by atoms with E-state index in [1.165, 1.54) is 39.0 Å². The number of hydrogen-bond donors (Lipinski definition) is 2. The van der Waals surface area contributed by atoms with Crippen LogP contribution >= 0.6 is 12.4 Å². The van der Waals surface area contributed by atoms with E-state index in [1.54, 1.807) is 0 Å². The first-order chi connectivity index (χ1) is 9.86. The Bertz CT molecular complexity index is 391. The van der Waals surface area contributed by atoms with Gasteiger partial charge in [-0.2, -0.15) is 0 Å². The molecular formula is C15H28ClN5. The molecule has 120 valence electrons. The number of rotatable bonds is 4. The molecule has 2 unspecified atom stereocenters. The lowest BCUT2D eigenvalue weighted by Crippen LogP contribution is -2.50. The number of hydrogen-bond acceptors (Lipinski definition) is 4. The van der Waals surface area contributed by atoms with E-state index in [1.807, 2.05) is 12.4 Å². The molecule has 2 aliphatic rings. The monoisotopic (exact) mass is 313 g/mol. The van der Waals surface area contributed by atoms with Crippen LogP contribution in [-0.2, 0) is 0 Å². The van der Waals surface area contributed by atoms with E-state index in [0.29, 0.717) is 6.04 Å². The van der Waals surface area contributed by atoms with Crippen molar-refractivity contribution >= 4 is 12.4 Å². The number of likely N-dealkylation sites (N-methyl/N-ethyl adjacent to an activating group) is 1.